The van der Waals surface area contributed by atoms with E-state index in [1.54, 1.807) is 10.9 Å². The lowest BCUT2D eigenvalue weighted by Crippen LogP contribution is -2.54. The molecule has 1 saturated heterocycles. The molecule has 0 atom stereocenters. The first-order valence-electron chi connectivity index (χ1n) is 9.09. The zero-order valence-corrected chi connectivity index (χ0v) is 16.0. The molecule has 0 saturated carbocycles. The molecule has 29 heavy (non-hydrogen) atoms. The number of hydrogen-bond acceptors (Lipinski definition) is 6. The van der Waals surface area contributed by atoms with Crippen LogP contribution >= 0.6 is 0 Å². The SMILES string of the molecule is Cc1noc(C)c1Cn1cc(N2C(=O)CC(=O)N(Cc3ccccc3)C2=O)cn1. The maximum absolute atomic E-state index is 12.9. The Bertz CT molecular complexity index is 1070. The summed E-state index contributed by atoms with van der Waals surface area (Å²) in [5.74, 6) is -0.395. The van der Waals surface area contributed by atoms with Crippen LogP contribution in [-0.4, -0.2) is 37.7 Å². The van der Waals surface area contributed by atoms with Crippen molar-refractivity contribution in [2.24, 2.45) is 0 Å². The van der Waals surface area contributed by atoms with E-state index in [0.717, 1.165) is 26.6 Å². The van der Waals surface area contributed by atoms with Gasteiger partial charge in [-0.05, 0) is 19.4 Å². The molecule has 3 heterocycles. The van der Waals surface area contributed by atoms with E-state index in [0.29, 0.717) is 18.0 Å². The Morgan fingerprint density at radius 1 is 1.03 bits per heavy atom. The van der Waals surface area contributed by atoms with Crippen LogP contribution < -0.4 is 4.90 Å². The van der Waals surface area contributed by atoms with Gasteiger partial charge in [-0.1, -0.05) is 35.5 Å². The average Bonchev–Trinajstić information content (AvgIpc) is 3.28. The van der Waals surface area contributed by atoms with E-state index in [2.05, 4.69) is 10.3 Å². The maximum Gasteiger partial charge on any atom is 0.338 e. The number of urea groups is 1. The number of aryl methyl sites for hydroxylation is 2. The summed E-state index contributed by atoms with van der Waals surface area (Å²) in [6.07, 6.45) is 2.66. The minimum Gasteiger partial charge on any atom is -0.361 e. The molecule has 148 valence electrons. The zero-order chi connectivity index (χ0) is 20.5. The van der Waals surface area contributed by atoms with Crippen LogP contribution in [0.3, 0.4) is 0 Å². The molecular formula is C20H19N5O4. The van der Waals surface area contributed by atoms with Crippen LogP contribution in [0.4, 0.5) is 10.5 Å². The molecule has 9 heteroatoms. The van der Waals surface area contributed by atoms with Gasteiger partial charge in [0, 0.05) is 11.8 Å². The lowest BCUT2D eigenvalue weighted by Gasteiger charge is -2.31. The molecule has 1 aromatic carbocycles. The quantitative estimate of drug-likeness (QED) is 0.617. The molecule has 1 aliphatic rings. The van der Waals surface area contributed by atoms with Crippen molar-refractivity contribution in [3.63, 3.8) is 0 Å². The van der Waals surface area contributed by atoms with Crippen molar-refractivity contribution in [3.8, 4) is 0 Å². The lowest BCUT2D eigenvalue weighted by atomic mass is 10.2. The normalized spacial score (nSPS) is 14.8. The zero-order valence-electron chi connectivity index (χ0n) is 16.0. The van der Waals surface area contributed by atoms with Gasteiger partial charge in [0.05, 0.1) is 30.7 Å². The van der Waals surface area contributed by atoms with Crippen molar-refractivity contribution < 1.29 is 18.9 Å². The Morgan fingerprint density at radius 2 is 1.79 bits per heavy atom. The monoisotopic (exact) mass is 393 g/mol. The Morgan fingerprint density at radius 3 is 2.48 bits per heavy atom. The van der Waals surface area contributed by atoms with Crippen LogP contribution in [0.15, 0.2) is 47.2 Å². The van der Waals surface area contributed by atoms with Crippen LogP contribution in [0, 0.1) is 13.8 Å². The first-order chi connectivity index (χ1) is 13.9. The van der Waals surface area contributed by atoms with Crippen molar-refractivity contribution in [2.75, 3.05) is 4.90 Å². The second-order valence-corrected chi connectivity index (χ2v) is 6.85. The van der Waals surface area contributed by atoms with Crippen molar-refractivity contribution in [1.29, 1.82) is 0 Å². The van der Waals surface area contributed by atoms with Gasteiger partial charge in [-0.25, -0.2) is 9.69 Å². The highest BCUT2D eigenvalue weighted by Crippen LogP contribution is 2.23. The third-order valence-electron chi connectivity index (χ3n) is 4.84. The Labute approximate surface area is 166 Å². The largest absolute Gasteiger partial charge is 0.361 e. The Kier molecular flexibility index (Phi) is 4.71. The first kappa shape index (κ1) is 18.6. The summed E-state index contributed by atoms with van der Waals surface area (Å²) in [6.45, 7) is 4.14. The highest BCUT2D eigenvalue weighted by molar-refractivity contribution is 6.26. The summed E-state index contributed by atoms with van der Waals surface area (Å²) in [6, 6.07) is 8.48. The molecule has 9 nitrogen and oxygen atoms in total. The second-order valence-electron chi connectivity index (χ2n) is 6.85. The number of amides is 4. The molecule has 0 unspecified atom stereocenters. The van der Waals surface area contributed by atoms with E-state index in [-0.39, 0.29) is 13.0 Å². The highest BCUT2D eigenvalue weighted by Gasteiger charge is 2.39. The van der Waals surface area contributed by atoms with Gasteiger partial charge >= 0.3 is 6.03 Å². The van der Waals surface area contributed by atoms with E-state index in [1.807, 2.05) is 44.2 Å². The van der Waals surface area contributed by atoms with Crippen molar-refractivity contribution in [1.82, 2.24) is 19.8 Å². The summed E-state index contributed by atoms with van der Waals surface area (Å²) >= 11 is 0. The predicted octanol–water partition coefficient (Wildman–Crippen LogP) is 2.42. The molecule has 0 bridgehead atoms. The van der Waals surface area contributed by atoms with Crippen LogP contribution in [0.5, 0.6) is 0 Å². The molecule has 4 rings (SSSR count). The molecule has 1 aliphatic heterocycles. The molecule has 4 amide bonds. The Balaban J connectivity index is 1.57. The topological polar surface area (TPSA) is 102 Å². The molecule has 3 aromatic rings. The average molecular weight is 393 g/mol. The van der Waals surface area contributed by atoms with Crippen LogP contribution in [0.1, 0.15) is 29.0 Å². The van der Waals surface area contributed by atoms with Gasteiger partial charge in [0.2, 0.25) is 11.8 Å². The fraction of sp³-hybridized carbons (Fsp3) is 0.250. The number of barbiturate groups is 1. The highest BCUT2D eigenvalue weighted by atomic mass is 16.5. The van der Waals surface area contributed by atoms with Crippen LogP contribution in [0.2, 0.25) is 0 Å². The van der Waals surface area contributed by atoms with Gasteiger partial charge in [-0.2, -0.15) is 5.10 Å². The summed E-state index contributed by atoms with van der Waals surface area (Å²) in [5, 5.41) is 8.16. The van der Waals surface area contributed by atoms with Crippen molar-refractivity contribution >= 4 is 23.5 Å². The molecule has 0 radical (unpaired) electrons. The summed E-state index contributed by atoms with van der Waals surface area (Å²) in [5.41, 5.74) is 2.76. The van der Waals surface area contributed by atoms with Gasteiger partial charge in [0.25, 0.3) is 0 Å². The first-order valence-corrected chi connectivity index (χ1v) is 9.09. The van der Waals surface area contributed by atoms with Gasteiger partial charge in [0.15, 0.2) is 0 Å². The molecular weight excluding hydrogens is 374 g/mol. The molecule has 0 N–H and O–H groups in total. The fourth-order valence-electron chi connectivity index (χ4n) is 3.26. The van der Waals surface area contributed by atoms with Gasteiger partial charge in [-0.15, -0.1) is 0 Å². The number of anilines is 1. The third-order valence-corrected chi connectivity index (χ3v) is 4.84. The van der Waals surface area contributed by atoms with E-state index in [1.165, 1.54) is 6.20 Å². The Hall–Kier alpha value is -3.75. The molecule has 2 aromatic heterocycles. The van der Waals surface area contributed by atoms with E-state index in [4.69, 9.17) is 4.52 Å². The van der Waals surface area contributed by atoms with Crippen molar-refractivity contribution in [2.45, 2.75) is 33.4 Å². The number of aromatic nitrogens is 3. The standard InChI is InChI=1S/C20H19N5O4/c1-13-17(14(2)29-22-13)12-23-11-16(9-21-23)25-19(27)8-18(26)24(20(25)28)10-15-6-4-3-5-7-15/h3-7,9,11H,8,10,12H2,1-2H3. The molecule has 1 fully saturated rings. The number of benzene rings is 1. The second kappa shape index (κ2) is 7.34. The predicted molar refractivity (Wildman–Crippen MR) is 102 cm³/mol. The number of nitrogens with zero attached hydrogens (tertiary/aromatic N) is 5. The fourth-order valence-corrected chi connectivity index (χ4v) is 3.26. The van der Waals surface area contributed by atoms with E-state index < -0.39 is 17.8 Å². The summed E-state index contributed by atoms with van der Waals surface area (Å²) in [7, 11) is 0. The number of carbonyl (C=O) groups is 3. The summed E-state index contributed by atoms with van der Waals surface area (Å²) < 4.78 is 6.75. The van der Waals surface area contributed by atoms with E-state index in [9.17, 15) is 14.4 Å². The molecule has 0 aliphatic carbocycles. The minimum atomic E-state index is -0.674. The summed E-state index contributed by atoms with van der Waals surface area (Å²) in [4.78, 5) is 39.8. The van der Waals surface area contributed by atoms with Gasteiger partial charge < -0.3 is 4.52 Å². The maximum atomic E-state index is 12.9. The van der Waals surface area contributed by atoms with E-state index >= 15 is 0 Å². The number of rotatable bonds is 5. The van der Waals surface area contributed by atoms with Crippen molar-refractivity contribution in [3.05, 3.63) is 65.3 Å². The van der Waals surface area contributed by atoms with Crippen LogP contribution in [-0.2, 0) is 22.7 Å². The molecule has 0 spiro atoms. The minimum absolute atomic E-state index is 0.107. The third kappa shape index (κ3) is 3.54. The van der Waals surface area contributed by atoms with Crippen LogP contribution in [0.25, 0.3) is 0 Å². The smallest absolute Gasteiger partial charge is 0.338 e. The number of imide groups is 2. The number of hydrogen-bond donors (Lipinski definition) is 0. The van der Waals surface area contributed by atoms with Gasteiger partial charge in [0.1, 0.15) is 12.2 Å². The lowest BCUT2D eigenvalue weighted by molar-refractivity contribution is -0.135. The number of carbonyl (C=O) groups excluding carboxylic acids is 3. The van der Waals surface area contributed by atoms with Gasteiger partial charge in [-0.3, -0.25) is 19.2 Å².